The average Bonchev–Trinajstić information content (AvgIpc) is 3.20. The summed E-state index contributed by atoms with van der Waals surface area (Å²) in [5.41, 5.74) is 1.23. The van der Waals surface area contributed by atoms with Gasteiger partial charge in [-0.2, -0.15) is 0 Å². The molecule has 0 bridgehead atoms. The van der Waals surface area contributed by atoms with Crippen LogP contribution in [0.1, 0.15) is 24.8 Å². The molecule has 0 saturated carbocycles. The zero-order valence-corrected chi connectivity index (χ0v) is 17.6. The van der Waals surface area contributed by atoms with Gasteiger partial charge in [-0.05, 0) is 56.0 Å². The highest BCUT2D eigenvalue weighted by Crippen LogP contribution is 2.21. The molecule has 2 fully saturated rings. The van der Waals surface area contributed by atoms with E-state index in [2.05, 4.69) is 19.7 Å². The van der Waals surface area contributed by atoms with Gasteiger partial charge in [0.1, 0.15) is 6.04 Å². The number of piperidine rings is 1. The van der Waals surface area contributed by atoms with E-state index in [0.717, 1.165) is 37.5 Å². The van der Waals surface area contributed by atoms with Crippen LogP contribution >= 0.6 is 11.6 Å². The Morgan fingerprint density at radius 3 is 2.61 bits per heavy atom. The lowest BCUT2D eigenvalue weighted by atomic mass is 9.97. The average molecular weight is 430 g/mol. The van der Waals surface area contributed by atoms with E-state index in [9.17, 15) is 13.2 Å². The first-order chi connectivity index (χ1) is 13.4. The third-order valence-corrected chi connectivity index (χ3v) is 7.67. The summed E-state index contributed by atoms with van der Waals surface area (Å²) in [7, 11) is -2.14. The molecule has 0 radical (unpaired) electrons. The van der Waals surface area contributed by atoms with Crippen LogP contribution in [0, 0.1) is 5.92 Å². The van der Waals surface area contributed by atoms with Crippen LogP contribution in [-0.2, 0) is 26.1 Å². The highest BCUT2D eigenvalue weighted by atomic mass is 35.5. The van der Waals surface area contributed by atoms with Crippen molar-refractivity contribution in [1.82, 2.24) is 14.9 Å². The number of sulfonamides is 1. The molecule has 2 heterocycles. The lowest BCUT2D eigenvalue weighted by molar-refractivity contribution is -0.142. The fraction of sp³-hybridized carbons (Fsp3) is 0.632. The predicted molar refractivity (Wildman–Crippen MR) is 109 cm³/mol. The molecule has 0 amide bonds. The third kappa shape index (κ3) is 5.67. The Bertz CT molecular complexity index is 764. The molecule has 156 valence electrons. The van der Waals surface area contributed by atoms with Crippen LogP contribution in [-0.4, -0.2) is 63.9 Å². The Morgan fingerprint density at radius 2 is 1.96 bits per heavy atom. The van der Waals surface area contributed by atoms with Crippen LogP contribution in [0.2, 0.25) is 5.02 Å². The maximum atomic E-state index is 12.5. The number of halogens is 1. The number of ether oxygens (including phenoxy) is 1. The van der Waals surface area contributed by atoms with Crippen molar-refractivity contribution in [1.29, 1.82) is 0 Å². The molecule has 9 heteroatoms. The maximum absolute atomic E-state index is 12.5. The lowest BCUT2D eigenvalue weighted by Crippen LogP contribution is -2.41. The van der Waals surface area contributed by atoms with Crippen molar-refractivity contribution in [2.75, 3.05) is 33.3 Å². The summed E-state index contributed by atoms with van der Waals surface area (Å²) < 4.78 is 32.5. The van der Waals surface area contributed by atoms with Crippen molar-refractivity contribution in [3.63, 3.8) is 0 Å². The number of hydrogen-bond donors (Lipinski definition) is 2. The number of carbonyl (C=O) groups is 1. The number of carbonyl (C=O) groups excluding carboxylic acids is 1. The van der Waals surface area contributed by atoms with Gasteiger partial charge in [0.2, 0.25) is 10.0 Å². The fourth-order valence-corrected chi connectivity index (χ4v) is 5.40. The quantitative estimate of drug-likeness (QED) is 0.636. The van der Waals surface area contributed by atoms with E-state index in [1.807, 2.05) is 24.3 Å². The molecule has 2 atom stereocenters. The summed E-state index contributed by atoms with van der Waals surface area (Å²) in [4.78, 5) is 13.9. The number of nitrogens with one attached hydrogen (secondary N) is 2. The highest BCUT2D eigenvalue weighted by molar-refractivity contribution is 7.90. The van der Waals surface area contributed by atoms with Crippen LogP contribution in [0.3, 0.4) is 0 Å². The summed E-state index contributed by atoms with van der Waals surface area (Å²) in [5.74, 6) is -0.0761. The number of rotatable bonds is 7. The van der Waals surface area contributed by atoms with E-state index < -0.39 is 27.3 Å². The summed E-state index contributed by atoms with van der Waals surface area (Å²) >= 11 is 5.93. The number of benzene rings is 1. The SMILES string of the molecule is COC(=O)C1CC(S(=O)(=O)NCC2CCN(Cc3ccc(Cl)cc3)CC2)CN1. The Hall–Kier alpha value is -1.19. The molecule has 1 aromatic rings. The Kier molecular flexibility index (Phi) is 7.33. The molecule has 0 aromatic heterocycles. The predicted octanol–water partition coefficient (Wildman–Crippen LogP) is 1.37. The smallest absolute Gasteiger partial charge is 0.322 e. The normalized spacial score (nSPS) is 24.4. The van der Waals surface area contributed by atoms with Gasteiger partial charge < -0.3 is 10.1 Å². The minimum absolute atomic E-state index is 0.252. The summed E-state index contributed by atoms with van der Waals surface area (Å²) in [6, 6.07) is 7.35. The zero-order valence-electron chi connectivity index (χ0n) is 16.1. The van der Waals surface area contributed by atoms with Gasteiger partial charge in [-0.15, -0.1) is 0 Å². The molecular weight excluding hydrogens is 402 g/mol. The van der Waals surface area contributed by atoms with E-state index >= 15 is 0 Å². The molecule has 7 nitrogen and oxygen atoms in total. The molecule has 2 N–H and O–H groups in total. The van der Waals surface area contributed by atoms with Crippen LogP contribution in [0.15, 0.2) is 24.3 Å². The Labute approximate surface area is 171 Å². The summed E-state index contributed by atoms with van der Waals surface area (Å²) in [6.07, 6.45) is 2.18. The van der Waals surface area contributed by atoms with Crippen LogP contribution in [0.25, 0.3) is 0 Å². The van der Waals surface area contributed by atoms with Gasteiger partial charge in [0.25, 0.3) is 0 Å². The molecular formula is C19H28ClN3O4S. The van der Waals surface area contributed by atoms with E-state index in [1.54, 1.807) is 0 Å². The highest BCUT2D eigenvalue weighted by Gasteiger charge is 2.37. The monoisotopic (exact) mass is 429 g/mol. The standard InChI is InChI=1S/C19H28ClN3O4S/c1-27-19(24)18-10-17(12-21-18)28(25,26)22-11-14-6-8-23(9-7-14)13-15-2-4-16(20)5-3-15/h2-5,14,17-18,21-22H,6-13H2,1H3. The van der Waals surface area contributed by atoms with Crippen molar-refractivity contribution in [3.8, 4) is 0 Å². The van der Waals surface area contributed by atoms with E-state index in [0.29, 0.717) is 12.5 Å². The van der Waals surface area contributed by atoms with E-state index in [4.69, 9.17) is 11.6 Å². The molecule has 2 saturated heterocycles. The van der Waals surface area contributed by atoms with Gasteiger partial charge in [0.05, 0.1) is 12.4 Å². The molecule has 0 aliphatic carbocycles. The first-order valence-electron chi connectivity index (χ1n) is 9.64. The second-order valence-corrected chi connectivity index (χ2v) is 10.1. The number of methoxy groups -OCH3 is 1. The number of likely N-dealkylation sites (tertiary alicyclic amines) is 1. The third-order valence-electron chi connectivity index (χ3n) is 5.61. The topological polar surface area (TPSA) is 87.7 Å². The van der Waals surface area contributed by atoms with Crippen molar-refractivity contribution in [2.45, 2.75) is 37.1 Å². The minimum atomic E-state index is -3.45. The molecule has 3 rings (SSSR count). The second kappa shape index (κ2) is 9.54. The summed E-state index contributed by atoms with van der Waals surface area (Å²) in [5, 5.41) is 3.07. The van der Waals surface area contributed by atoms with Gasteiger partial charge in [-0.1, -0.05) is 23.7 Å². The second-order valence-electron chi connectivity index (χ2n) is 7.58. The van der Waals surface area contributed by atoms with Crippen molar-refractivity contribution in [2.24, 2.45) is 5.92 Å². The van der Waals surface area contributed by atoms with Crippen molar-refractivity contribution < 1.29 is 17.9 Å². The van der Waals surface area contributed by atoms with E-state index in [-0.39, 0.29) is 13.0 Å². The van der Waals surface area contributed by atoms with Crippen molar-refractivity contribution >= 4 is 27.6 Å². The van der Waals surface area contributed by atoms with Crippen LogP contribution in [0.5, 0.6) is 0 Å². The van der Waals surface area contributed by atoms with Gasteiger partial charge in [-0.3, -0.25) is 9.69 Å². The Balaban J connectivity index is 1.41. The molecule has 2 unspecified atom stereocenters. The largest absolute Gasteiger partial charge is 0.468 e. The molecule has 0 spiro atoms. The van der Waals surface area contributed by atoms with Gasteiger partial charge >= 0.3 is 5.97 Å². The minimum Gasteiger partial charge on any atom is -0.468 e. The van der Waals surface area contributed by atoms with E-state index in [1.165, 1.54) is 12.7 Å². The first kappa shape index (κ1) is 21.5. The number of hydrogen-bond acceptors (Lipinski definition) is 6. The molecule has 2 aliphatic rings. The number of esters is 1. The maximum Gasteiger partial charge on any atom is 0.322 e. The van der Waals surface area contributed by atoms with Gasteiger partial charge in [0, 0.05) is 24.7 Å². The first-order valence-corrected chi connectivity index (χ1v) is 11.6. The zero-order chi connectivity index (χ0) is 20.1. The number of nitrogens with zero attached hydrogens (tertiary/aromatic N) is 1. The molecule has 2 aliphatic heterocycles. The van der Waals surface area contributed by atoms with Gasteiger partial charge in [-0.25, -0.2) is 13.1 Å². The molecule has 1 aromatic carbocycles. The van der Waals surface area contributed by atoms with Crippen molar-refractivity contribution in [3.05, 3.63) is 34.9 Å². The fourth-order valence-electron chi connectivity index (χ4n) is 3.81. The molecule has 28 heavy (non-hydrogen) atoms. The summed E-state index contributed by atoms with van der Waals surface area (Å²) in [6.45, 7) is 3.51. The Morgan fingerprint density at radius 1 is 1.29 bits per heavy atom. The van der Waals surface area contributed by atoms with Crippen LogP contribution in [0.4, 0.5) is 0 Å². The van der Waals surface area contributed by atoms with Gasteiger partial charge in [0.15, 0.2) is 0 Å². The van der Waals surface area contributed by atoms with Crippen LogP contribution < -0.4 is 10.0 Å². The lowest BCUT2D eigenvalue weighted by Gasteiger charge is -2.32.